The Labute approximate surface area is 174 Å². The molecule has 0 unspecified atom stereocenters. The summed E-state index contributed by atoms with van der Waals surface area (Å²) in [5, 5.41) is 7.20. The van der Waals surface area contributed by atoms with E-state index in [4.69, 9.17) is 0 Å². The summed E-state index contributed by atoms with van der Waals surface area (Å²) in [7, 11) is -1.67. The number of hydrogen-bond donors (Lipinski definition) is 2. The second-order valence-electron chi connectivity index (χ2n) is 6.72. The van der Waals surface area contributed by atoms with Crippen molar-refractivity contribution in [3.05, 3.63) is 84.8 Å². The minimum atomic E-state index is -3.50. The summed E-state index contributed by atoms with van der Waals surface area (Å²) in [6.07, 6.45) is 5.18. The third kappa shape index (κ3) is 5.00. The predicted molar refractivity (Wildman–Crippen MR) is 117 cm³/mol. The highest BCUT2D eigenvalue weighted by Gasteiger charge is 2.12. The monoisotopic (exact) mass is 420 g/mol. The quantitative estimate of drug-likeness (QED) is 0.474. The zero-order valence-electron chi connectivity index (χ0n) is 16.2. The van der Waals surface area contributed by atoms with Gasteiger partial charge in [0.05, 0.1) is 23.3 Å². The number of nitrogens with one attached hydrogen (secondary N) is 2. The molecule has 0 fully saturated rings. The van der Waals surface area contributed by atoms with E-state index in [0.29, 0.717) is 11.6 Å². The molecule has 0 aliphatic rings. The third-order valence-corrected chi connectivity index (χ3v) is 5.53. The van der Waals surface area contributed by atoms with E-state index in [-0.39, 0.29) is 5.75 Å². The van der Waals surface area contributed by atoms with Crippen LogP contribution in [0.3, 0.4) is 0 Å². The average Bonchev–Trinajstić information content (AvgIpc) is 3.13. The lowest BCUT2D eigenvalue weighted by molar-refractivity contribution is 0.600. The summed E-state index contributed by atoms with van der Waals surface area (Å²) in [4.78, 5) is 8.73. The summed E-state index contributed by atoms with van der Waals surface area (Å²) >= 11 is 0. The van der Waals surface area contributed by atoms with Gasteiger partial charge in [-0.2, -0.15) is 5.10 Å². The van der Waals surface area contributed by atoms with Crippen molar-refractivity contribution in [2.45, 2.75) is 5.75 Å². The topological polar surface area (TPSA) is 102 Å². The lowest BCUT2D eigenvalue weighted by Crippen LogP contribution is -2.14. The van der Waals surface area contributed by atoms with Gasteiger partial charge in [0.1, 0.15) is 0 Å². The van der Waals surface area contributed by atoms with Gasteiger partial charge in [-0.15, -0.1) is 0 Å². The molecule has 30 heavy (non-hydrogen) atoms. The fourth-order valence-corrected chi connectivity index (χ4v) is 4.11. The minimum Gasteiger partial charge on any atom is -0.321 e. The molecular weight excluding hydrogens is 400 g/mol. The van der Waals surface area contributed by atoms with Crippen LogP contribution in [0, 0.1) is 0 Å². The molecule has 8 nitrogen and oxygen atoms in total. The van der Waals surface area contributed by atoms with Crippen molar-refractivity contribution in [1.29, 1.82) is 0 Å². The van der Waals surface area contributed by atoms with Gasteiger partial charge in [0.2, 0.25) is 16.0 Å². The maximum Gasteiger partial charge on any atom is 0.236 e. The Kier molecular flexibility index (Phi) is 5.44. The van der Waals surface area contributed by atoms with E-state index in [0.717, 1.165) is 22.5 Å². The average molecular weight is 420 g/mol. The van der Waals surface area contributed by atoms with Crippen LogP contribution in [0.2, 0.25) is 0 Å². The van der Waals surface area contributed by atoms with E-state index in [1.807, 2.05) is 43.6 Å². The van der Waals surface area contributed by atoms with Crippen LogP contribution in [-0.2, 0) is 22.8 Å². The lowest BCUT2D eigenvalue weighted by Gasteiger charge is -2.09. The molecule has 0 atom stereocenters. The molecule has 2 aromatic heterocycles. The molecule has 152 valence electrons. The number of aromatic nitrogens is 4. The molecule has 0 aliphatic heterocycles. The van der Waals surface area contributed by atoms with E-state index < -0.39 is 10.0 Å². The van der Waals surface area contributed by atoms with Gasteiger partial charge in [-0.1, -0.05) is 42.5 Å². The molecule has 0 saturated carbocycles. The zero-order chi connectivity index (χ0) is 21.0. The van der Waals surface area contributed by atoms with Crippen molar-refractivity contribution in [3.63, 3.8) is 0 Å². The van der Waals surface area contributed by atoms with Gasteiger partial charge < -0.3 is 5.32 Å². The van der Waals surface area contributed by atoms with E-state index in [2.05, 4.69) is 25.1 Å². The van der Waals surface area contributed by atoms with Crippen molar-refractivity contribution in [1.82, 2.24) is 19.7 Å². The maximum absolute atomic E-state index is 12.4. The van der Waals surface area contributed by atoms with Crippen molar-refractivity contribution in [2.75, 3.05) is 10.0 Å². The summed E-state index contributed by atoms with van der Waals surface area (Å²) in [5.74, 6) is 0.373. The van der Waals surface area contributed by atoms with Gasteiger partial charge in [-0.05, 0) is 23.8 Å². The molecule has 0 amide bonds. The molecule has 0 spiro atoms. The van der Waals surface area contributed by atoms with E-state index >= 15 is 0 Å². The van der Waals surface area contributed by atoms with Gasteiger partial charge in [0, 0.05) is 30.7 Å². The molecule has 9 heteroatoms. The number of benzene rings is 2. The third-order valence-electron chi connectivity index (χ3n) is 4.27. The summed E-state index contributed by atoms with van der Waals surface area (Å²) in [6, 6.07) is 17.9. The normalized spacial score (nSPS) is 11.2. The Morgan fingerprint density at radius 1 is 0.967 bits per heavy atom. The van der Waals surface area contributed by atoms with Gasteiger partial charge in [-0.3, -0.25) is 9.40 Å². The predicted octanol–water partition coefficient (Wildman–Crippen LogP) is 3.56. The first-order valence-electron chi connectivity index (χ1n) is 9.20. The molecule has 4 rings (SSSR count). The van der Waals surface area contributed by atoms with Crippen LogP contribution >= 0.6 is 0 Å². The van der Waals surface area contributed by atoms with Gasteiger partial charge in [0.25, 0.3) is 0 Å². The van der Waals surface area contributed by atoms with Crippen molar-refractivity contribution in [2.24, 2.45) is 7.05 Å². The minimum absolute atomic E-state index is 0.0785. The lowest BCUT2D eigenvalue weighted by atomic mass is 10.1. The summed E-state index contributed by atoms with van der Waals surface area (Å²) in [5.41, 5.74) is 3.58. The van der Waals surface area contributed by atoms with E-state index in [9.17, 15) is 8.42 Å². The molecule has 2 heterocycles. The Bertz CT molecular complexity index is 1240. The molecule has 2 N–H and O–H groups in total. The smallest absolute Gasteiger partial charge is 0.236 e. The molecule has 0 saturated heterocycles. The zero-order valence-corrected chi connectivity index (χ0v) is 17.0. The second-order valence-corrected chi connectivity index (χ2v) is 8.44. The fourth-order valence-electron chi connectivity index (χ4n) is 2.91. The number of nitrogens with zero attached hydrogens (tertiary/aromatic N) is 4. The largest absolute Gasteiger partial charge is 0.321 e. The SMILES string of the molecule is Cn1cc(Nc2nccc(-c3ccc(NS(=O)(=O)Cc4ccccc4)cc3)n2)cn1. The number of anilines is 3. The van der Waals surface area contributed by atoms with Gasteiger partial charge in [-0.25, -0.2) is 18.4 Å². The van der Waals surface area contributed by atoms with Crippen molar-refractivity contribution < 1.29 is 8.42 Å². The molecule has 0 bridgehead atoms. The molecule has 2 aromatic carbocycles. The molecule has 0 radical (unpaired) electrons. The Balaban J connectivity index is 1.46. The van der Waals surface area contributed by atoms with E-state index in [1.165, 1.54) is 0 Å². The van der Waals surface area contributed by atoms with Crippen LogP contribution in [0.4, 0.5) is 17.3 Å². The number of sulfonamides is 1. The second kappa shape index (κ2) is 8.34. The highest BCUT2D eigenvalue weighted by molar-refractivity contribution is 7.91. The first-order valence-corrected chi connectivity index (χ1v) is 10.9. The van der Waals surface area contributed by atoms with Crippen LogP contribution in [0.5, 0.6) is 0 Å². The highest BCUT2D eigenvalue weighted by atomic mass is 32.2. The van der Waals surface area contributed by atoms with Gasteiger partial charge in [0.15, 0.2) is 0 Å². The standard InChI is InChI=1S/C21H20N6O2S/c1-27-14-19(13-23-27)24-21-22-12-11-20(25-21)17-7-9-18(10-8-17)26-30(28,29)15-16-5-3-2-4-6-16/h2-14,26H,15H2,1H3,(H,22,24,25). The number of rotatable bonds is 7. The van der Waals surface area contributed by atoms with Crippen LogP contribution in [0.25, 0.3) is 11.3 Å². The van der Waals surface area contributed by atoms with Crippen molar-refractivity contribution in [3.8, 4) is 11.3 Å². The first kappa shape index (κ1) is 19.6. The van der Waals surface area contributed by atoms with Crippen LogP contribution in [0.1, 0.15) is 5.56 Å². The molecule has 0 aliphatic carbocycles. The molecule has 4 aromatic rings. The Morgan fingerprint density at radius 2 is 1.73 bits per heavy atom. The summed E-state index contributed by atoms with van der Waals surface area (Å²) in [6.45, 7) is 0. The highest BCUT2D eigenvalue weighted by Crippen LogP contribution is 2.22. The fraction of sp³-hybridized carbons (Fsp3) is 0.0952. The maximum atomic E-state index is 12.4. The van der Waals surface area contributed by atoms with E-state index in [1.54, 1.807) is 47.4 Å². The van der Waals surface area contributed by atoms with Crippen LogP contribution < -0.4 is 10.0 Å². The summed E-state index contributed by atoms with van der Waals surface area (Å²) < 4.78 is 29.1. The number of aryl methyl sites for hydroxylation is 1. The Hall–Kier alpha value is -3.72. The molecular formula is C21H20N6O2S. The first-order chi connectivity index (χ1) is 14.5. The Morgan fingerprint density at radius 3 is 2.43 bits per heavy atom. The van der Waals surface area contributed by atoms with Gasteiger partial charge >= 0.3 is 0 Å². The van der Waals surface area contributed by atoms with Crippen LogP contribution in [0.15, 0.2) is 79.3 Å². The van der Waals surface area contributed by atoms with Crippen molar-refractivity contribution >= 4 is 27.3 Å². The van der Waals surface area contributed by atoms with Crippen LogP contribution in [-0.4, -0.2) is 28.2 Å². The number of hydrogen-bond acceptors (Lipinski definition) is 6.